The second kappa shape index (κ2) is 7.99. The van der Waals surface area contributed by atoms with E-state index in [1.54, 1.807) is 30.3 Å². The molecule has 0 radical (unpaired) electrons. The molecule has 0 atom stereocenters. The Labute approximate surface area is 122 Å². The first-order valence-corrected chi connectivity index (χ1v) is 6.51. The van der Waals surface area contributed by atoms with Crippen LogP contribution in [0.1, 0.15) is 43.0 Å². The topological polar surface area (TPSA) is 85.3 Å². The van der Waals surface area contributed by atoms with Crippen molar-refractivity contribution in [3.05, 3.63) is 35.9 Å². The lowest BCUT2D eigenvalue weighted by Crippen LogP contribution is -2.16. The van der Waals surface area contributed by atoms with Crippen LogP contribution in [0.5, 0.6) is 0 Å². The van der Waals surface area contributed by atoms with E-state index in [1.807, 2.05) is 0 Å². The van der Waals surface area contributed by atoms with Crippen molar-refractivity contribution in [2.45, 2.75) is 32.6 Å². The molecule has 0 saturated carbocycles. The minimum absolute atomic E-state index is 0.303. The lowest BCUT2D eigenvalue weighted by molar-refractivity contribution is -0.130. The molecule has 0 unspecified atom stereocenters. The van der Waals surface area contributed by atoms with Gasteiger partial charge < -0.3 is 0 Å². The minimum atomic E-state index is -0.563. The first kappa shape index (κ1) is 16.6. The zero-order valence-corrected chi connectivity index (χ0v) is 11.8. The van der Waals surface area contributed by atoms with Gasteiger partial charge in [-0.1, -0.05) is 30.3 Å². The van der Waals surface area contributed by atoms with E-state index in [-0.39, 0.29) is 24.4 Å². The van der Waals surface area contributed by atoms with Crippen molar-refractivity contribution < 1.29 is 24.0 Å². The molecule has 1 aromatic carbocycles. The number of benzene rings is 1. The molecule has 0 spiro atoms. The van der Waals surface area contributed by atoms with Crippen LogP contribution in [0.2, 0.25) is 0 Å². The van der Waals surface area contributed by atoms with Crippen molar-refractivity contribution in [1.82, 2.24) is 0 Å². The van der Waals surface area contributed by atoms with Crippen LogP contribution in [0.3, 0.4) is 0 Å². The van der Waals surface area contributed by atoms with E-state index >= 15 is 0 Å². The lowest BCUT2D eigenvalue weighted by atomic mass is 10.0. The summed E-state index contributed by atoms with van der Waals surface area (Å²) < 4.78 is 0. The summed E-state index contributed by atoms with van der Waals surface area (Å²) >= 11 is 0. The fraction of sp³-hybridized carbons (Fsp3) is 0.312. The predicted octanol–water partition coefficient (Wildman–Crippen LogP) is 1.73. The SMILES string of the molecule is CC(=O)CC(=O)CC(=O)CC(=O)CC(=O)c1ccccc1. The van der Waals surface area contributed by atoms with Gasteiger partial charge in [0.05, 0.1) is 25.7 Å². The largest absolute Gasteiger partial charge is 0.300 e. The molecule has 0 aliphatic carbocycles. The molecular formula is C16H16O5. The third-order valence-corrected chi connectivity index (χ3v) is 2.69. The minimum Gasteiger partial charge on any atom is -0.300 e. The first-order valence-electron chi connectivity index (χ1n) is 6.51. The summed E-state index contributed by atoms with van der Waals surface area (Å²) in [5, 5.41) is 0. The molecule has 5 heteroatoms. The van der Waals surface area contributed by atoms with Crippen molar-refractivity contribution in [3.8, 4) is 0 Å². The van der Waals surface area contributed by atoms with Gasteiger partial charge in [-0.3, -0.25) is 24.0 Å². The highest BCUT2D eigenvalue weighted by atomic mass is 16.2. The second-order valence-corrected chi connectivity index (χ2v) is 4.81. The molecule has 110 valence electrons. The first-order chi connectivity index (χ1) is 9.88. The normalized spacial score (nSPS) is 9.95. The highest BCUT2D eigenvalue weighted by Gasteiger charge is 2.17. The predicted molar refractivity (Wildman–Crippen MR) is 74.9 cm³/mol. The number of ketones is 5. The molecule has 0 bridgehead atoms. The summed E-state index contributed by atoms with van der Waals surface area (Å²) in [4.78, 5) is 56.9. The molecule has 0 aliphatic rings. The zero-order chi connectivity index (χ0) is 15.8. The summed E-state index contributed by atoms with van der Waals surface area (Å²) in [6, 6.07) is 8.30. The van der Waals surface area contributed by atoms with Crippen LogP contribution >= 0.6 is 0 Å². The highest BCUT2D eigenvalue weighted by molar-refractivity contribution is 6.15. The van der Waals surface area contributed by atoms with Crippen LogP contribution < -0.4 is 0 Å². The Kier molecular flexibility index (Phi) is 6.33. The lowest BCUT2D eigenvalue weighted by Gasteiger charge is -2.01. The quantitative estimate of drug-likeness (QED) is 0.510. The number of hydrogen-bond donors (Lipinski definition) is 0. The van der Waals surface area contributed by atoms with E-state index in [0.29, 0.717) is 5.56 Å². The average Bonchev–Trinajstić information content (AvgIpc) is 2.37. The maximum Gasteiger partial charge on any atom is 0.170 e. The zero-order valence-electron chi connectivity index (χ0n) is 11.8. The highest BCUT2D eigenvalue weighted by Crippen LogP contribution is 2.06. The van der Waals surface area contributed by atoms with Gasteiger partial charge in [-0.25, -0.2) is 0 Å². The van der Waals surface area contributed by atoms with Gasteiger partial charge in [0.25, 0.3) is 0 Å². The van der Waals surface area contributed by atoms with Crippen LogP contribution in [-0.2, 0) is 19.2 Å². The molecule has 0 aliphatic heterocycles. The Bertz CT molecular complexity index is 572. The van der Waals surface area contributed by atoms with Crippen LogP contribution in [0.25, 0.3) is 0 Å². The molecule has 0 aromatic heterocycles. The van der Waals surface area contributed by atoms with Gasteiger partial charge in [-0.05, 0) is 6.92 Å². The molecular weight excluding hydrogens is 272 g/mol. The van der Waals surface area contributed by atoms with Crippen LogP contribution in [0.15, 0.2) is 30.3 Å². The summed E-state index contributed by atoms with van der Waals surface area (Å²) in [5.74, 6) is -2.27. The summed E-state index contributed by atoms with van der Waals surface area (Å²) in [5.41, 5.74) is 0.408. The van der Waals surface area contributed by atoms with Gasteiger partial charge in [0.1, 0.15) is 23.1 Å². The summed E-state index contributed by atoms with van der Waals surface area (Å²) in [6.45, 7) is 1.26. The van der Waals surface area contributed by atoms with E-state index in [9.17, 15) is 24.0 Å². The van der Waals surface area contributed by atoms with Crippen molar-refractivity contribution in [3.63, 3.8) is 0 Å². The molecule has 0 saturated heterocycles. The van der Waals surface area contributed by atoms with E-state index in [2.05, 4.69) is 0 Å². The molecule has 0 N–H and O–H groups in total. The monoisotopic (exact) mass is 288 g/mol. The van der Waals surface area contributed by atoms with E-state index in [4.69, 9.17) is 0 Å². The molecule has 1 aromatic rings. The molecule has 1 rings (SSSR count). The van der Waals surface area contributed by atoms with Gasteiger partial charge in [0.15, 0.2) is 5.78 Å². The van der Waals surface area contributed by atoms with Gasteiger partial charge >= 0.3 is 0 Å². The number of rotatable bonds is 9. The Morgan fingerprint density at radius 1 is 0.714 bits per heavy atom. The van der Waals surface area contributed by atoms with Crippen LogP contribution in [0.4, 0.5) is 0 Å². The number of carbonyl (C=O) groups excluding carboxylic acids is 5. The van der Waals surface area contributed by atoms with E-state index < -0.39 is 30.2 Å². The molecule has 21 heavy (non-hydrogen) atoms. The number of Topliss-reactive ketones (excluding diaryl/α,β-unsaturated/α-hetero) is 5. The van der Waals surface area contributed by atoms with Crippen molar-refractivity contribution in [2.24, 2.45) is 0 Å². The fourth-order valence-electron chi connectivity index (χ4n) is 1.81. The molecule has 0 amide bonds. The number of carbonyl (C=O) groups is 5. The standard InChI is InChI=1S/C16H16O5/c1-11(17)7-13(18)8-14(19)9-15(20)10-16(21)12-5-3-2-4-6-12/h2-6H,7-10H2,1H3. The van der Waals surface area contributed by atoms with Crippen LogP contribution in [0, 0.1) is 0 Å². The van der Waals surface area contributed by atoms with Gasteiger partial charge in [-0.15, -0.1) is 0 Å². The van der Waals surface area contributed by atoms with Gasteiger partial charge in [0.2, 0.25) is 0 Å². The third kappa shape index (κ3) is 6.51. The van der Waals surface area contributed by atoms with Crippen molar-refractivity contribution >= 4 is 28.9 Å². The Hall–Kier alpha value is -2.43. The molecule has 5 nitrogen and oxygen atoms in total. The Morgan fingerprint density at radius 3 is 1.71 bits per heavy atom. The maximum absolute atomic E-state index is 11.8. The maximum atomic E-state index is 11.8. The number of hydrogen-bond acceptors (Lipinski definition) is 5. The molecule has 0 fully saturated rings. The Morgan fingerprint density at radius 2 is 1.19 bits per heavy atom. The summed E-state index contributed by atoms with van der Waals surface area (Å²) in [6.07, 6.45) is -1.56. The smallest absolute Gasteiger partial charge is 0.170 e. The summed E-state index contributed by atoms with van der Waals surface area (Å²) in [7, 11) is 0. The second-order valence-electron chi connectivity index (χ2n) is 4.81. The Balaban J connectivity index is 2.43. The van der Waals surface area contributed by atoms with Crippen LogP contribution in [-0.4, -0.2) is 28.9 Å². The van der Waals surface area contributed by atoms with E-state index in [1.165, 1.54) is 6.92 Å². The average molecular weight is 288 g/mol. The van der Waals surface area contributed by atoms with Crippen molar-refractivity contribution in [1.29, 1.82) is 0 Å². The van der Waals surface area contributed by atoms with Gasteiger partial charge in [0, 0.05) is 5.56 Å². The fourth-order valence-corrected chi connectivity index (χ4v) is 1.81. The van der Waals surface area contributed by atoms with Gasteiger partial charge in [-0.2, -0.15) is 0 Å². The third-order valence-electron chi connectivity index (χ3n) is 2.69. The van der Waals surface area contributed by atoms with E-state index in [0.717, 1.165) is 0 Å². The van der Waals surface area contributed by atoms with Crippen molar-refractivity contribution in [2.75, 3.05) is 0 Å². The molecule has 0 heterocycles.